The van der Waals surface area contributed by atoms with Crippen molar-refractivity contribution in [1.82, 2.24) is 13.7 Å². The molecule has 0 atom stereocenters. The molecule has 15 nitrogen and oxygen atoms in total. The van der Waals surface area contributed by atoms with Crippen LogP contribution in [-0.2, 0) is 0 Å². The Bertz CT molecular complexity index is 9580. The number of rotatable bonds is 11. The van der Waals surface area contributed by atoms with Gasteiger partial charge in [0.1, 0.15) is 50.6 Å². The number of para-hydroxylation sites is 10. The number of furan rings is 3. The maximum absolute atomic E-state index is 6.62. The van der Waals surface area contributed by atoms with Crippen LogP contribution in [-0.4, -0.2) is 13.7 Å². The minimum absolute atomic E-state index is 0.790. The molecule has 12 heterocycles. The molecule has 0 fully saturated rings. The maximum atomic E-state index is 6.62. The molecule has 135 heavy (non-hydrogen) atoms. The average Bonchev–Trinajstić information content (AvgIpc) is 1.54. The molecular weight excluding hydrogens is 1670 g/mol. The van der Waals surface area contributed by atoms with Crippen LogP contribution in [0.4, 0.5) is 51.2 Å². The molecule has 0 spiro atoms. The molecule has 0 amide bonds. The number of nitrogens with zero attached hydrogens (tertiary/aromatic N) is 6. The maximum Gasteiger partial charge on any atom is 0.155 e. The summed E-state index contributed by atoms with van der Waals surface area (Å²) >= 11 is 0. The van der Waals surface area contributed by atoms with Crippen molar-refractivity contribution in [2.75, 3.05) is 14.7 Å². The van der Waals surface area contributed by atoms with Crippen LogP contribution >= 0.6 is 0 Å². The third-order valence-corrected chi connectivity index (χ3v) is 27.4. The van der Waals surface area contributed by atoms with E-state index in [-0.39, 0.29) is 0 Å². The van der Waals surface area contributed by atoms with Gasteiger partial charge in [-0.1, -0.05) is 218 Å². The molecule has 26 aromatic rings. The molecule has 32 rings (SSSR count). The first-order valence-corrected chi connectivity index (χ1v) is 45.2. The Kier molecular flexibility index (Phi) is 15.2. The largest absolute Gasteiger partial charge is 0.456 e. The summed E-state index contributed by atoms with van der Waals surface area (Å²) in [5.41, 5.74) is 28.3. The highest BCUT2D eigenvalue weighted by molar-refractivity contribution is 6.25. The zero-order valence-electron chi connectivity index (χ0n) is 71.6. The van der Waals surface area contributed by atoms with E-state index in [0.29, 0.717) is 0 Å². The van der Waals surface area contributed by atoms with Gasteiger partial charge in [0.2, 0.25) is 0 Å². The summed E-state index contributed by atoms with van der Waals surface area (Å²) < 4.78 is 65.0. The summed E-state index contributed by atoms with van der Waals surface area (Å²) in [6.07, 6.45) is 0. The van der Waals surface area contributed by atoms with E-state index in [2.05, 4.69) is 314 Å². The molecule has 632 valence electrons. The quantitative estimate of drug-likeness (QED) is 0.123. The van der Waals surface area contributed by atoms with Crippen molar-refractivity contribution in [3.05, 3.63) is 413 Å². The molecule has 0 radical (unpaired) electrons. The van der Waals surface area contributed by atoms with Gasteiger partial charge in [-0.05, 0) is 204 Å². The Labute approximate surface area is 768 Å². The molecule has 15 heteroatoms. The molecule has 6 aliphatic heterocycles. The fraction of sp³-hybridized carbons (Fsp3) is 0. The summed E-state index contributed by atoms with van der Waals surface area (Å²) in [6, 6.07) is 143. The Morgan fingerprint density at radius 2 is 0.496 bits per heavy atom. The lowest BCUT2D eigenvalue weighted by molar-refractivity contribution is 0.443. The second kappa shape index (κ2) is 28.0. The van der Waals surface area contributed by atoms with Gasteiger partial charge in [-0.15, -0.1) is 0 Å². The van der Waals surface area contributed by atoms with Crippen LogP contribution in [0.3, 0.4) is 0 Å². The summed E-state index contributed by atoms with van der Waals surface area (Å²) in [5, 5.41) is 13.2. The first kappa shape index (κ1) is 73.3. The molecule has 6 aromatic heterocycles. The fourth-order valence-electron chi connectivity index (χ4n) is 21.8. The molecule has 20 aromatic carbocycles. The fourth-order valence-corrected chi connectivity index (χ4v) is 21.8. The third kappa shape index (κ3) is 10.7. The van der Waals surface area contributed by atoms with Crippen molar-refractivity contribution in [2.24, 2.45) is 0 Å². The Morgan fingerprint density at radius 3 is 1.06 bits per heavy atom. The molecule has 0 bridgehead atoms. The number of aromatic nitrogens is 3. The minimum Gasteiger partial charge on any atom is -0.456 e. The zero-order valence-corrected chi connectivity index (χ0v) is 71.6. The molecule has 0 N–H and O–H groups in total. The summed E-state index contributed by atoms with van der Waals surface area (Å²) in [5.74, 6) is 9.76. The van der Waals surface area contributed by atoms with Crippen LogP contribution < -0.4 is 43.1 Å². The Hall–Kier alpha value is -18.6. The molecule has 6 aliphatic rings. The SMILES string of the molecule is c1ccc(-c2ccc(N(c3ccc4c(c3)oc3ccccc34)c3ccc4c5c3c3cccc6c3n5-c3c(cccc3O4)O6)cc2)cc1.c1ccc(-c2ccc(N(c3cccc4oc5ccccc5c34)c3ccc4c5c3c3cccc6c3n5-c3c(cccc3O4)O6)cc2)cc1.c1ccc(N(c2ccc3oc4ccccc4c3c2)c2cc3c4c(c2)c2cccc5c2n4-c2c(cccc2O3)O5)cc1. The van der Waals surface area contributed by atoms with Crippen molar-refractivity contribution in [3.63, 3.8) is 0 Å². The number of hydrogen-bond donors (Lipinski definition) is 0. The molecule has 0 saturated carbocycles. The van der Waals surface area contributed by atoms with Gasteiger partial charge in [-0.2, -0.15) is 0 Å². The van der Waals surface area contributed by atoms with E-state index in [1.807, 2.05) is 127 Å². The number of benzene rings is 20. The molecular formula is C120H68N6O9. The van der Waals surface area contributed by atoms with E-state index in [1.165, 1.54) is 16.7 Å². The average molecular weight is 1740 g/mol. The second-order valence-electron chi connectivity index (χ2n) is 34.8. The van der Waals surface area contributed by atoms with Gasteiger partial charge in [-0.3, -0.25) is 13.7 Å². The smallest absolute Gasteiger partial charge is 0.155 e. The first-order chi connectivity index (χ1) is 66.9. The number of fused-ring (bicyclic) bond motifs is 12. The summed E-state index contributed by atoms with van der Waals surface area (Å²) in [6.45, 7) is 0. The predicted octanol–water partition coefficient (Wildman–Crippen LogP) is 34.4. The standard InChI is InChI=1S/2C42H24N2O3.C36H20N2O3/c1-2-9-25(10-3-1)26-19-21-27(22-20-26)43(30-13-7-15-33-38(30)28-11-4-5-14-32(28)45-33)31-23-24-37-42-39(31)29-12-6-16-34-40(29)44(42)41-35(46-34)17-8-18-36(41)47-37;1-2-8-25(9-3-1)26-16-18-27(19-17-26)43(28-20-21-30-29-10-4-5-12-33(29)45-38(30)24-28)32-22-23-37-42-39(32)31-11-6-13-34-40(31)44(42)41-35(46-34)14-7-15-36(41)47-37;1-2-8-21(9-3-1)37(22-16-17-29-26(18-22)24-10-4-5-12-28(24)39-29)23-19-27-25-11-6-13-30-34(25)38-35(27)33(20-23)41-32-15-7-14-31(40-30)36(32)38/h2*1-24H;1-20H. The van der Waals surface area contributed by atoms with E-state index >= 15 is 0 Å². The van der Waals surface area contributed by atoms with E-state index in [9.17, 15) is 0 Å². The second-order valence-corrected chi connectivity index (χ2v) is 34.8. The zero-order chi connectivity index (χ0) is 87.9. The summed E-state index contributed by atoms with van der Waals surface area (Å²) in [7, 11) is 0. The highest BCUT2D eigenvalue weighted by Crippen LogP contribution is 2.62. The minimum atomic E-state index is 0.790. The van der Waals surface area contributed by atoms with Gasteiger partial charge in [0.15, 0.2) is 69.0 Å². The van der Waals surface area contributed by atoms with Crippen molar-refractivity contribution in [1.29, 1.82) is 0 Å². The number of ether oxygens (including phenoxy) is 6. The number of anilines is 9. The van der Waals surface area contributed by atoms with E-state index < -0.39 is 0 Å². The van der Waals surface area contributed by atoms with Crippen molar-refractivity contribution < 1.29 is 41.7 Å². The van der Waals surface area contributed by atoms with Gasteiger partial charge >= 0.3 is 0 Å². The molecule has 0 aliphatic carbocycles. The van der Waals surface area contributed by atoms with Crippen LogP contribution in [0.15, 0.2) is 426 Å². The van der Waals surface area contributed by atoms with Gasteiger partial charge in [0.05, 0.1) is 61.2 Å². The predicted molar refractivity (Wildman–Crippen MR) is 540 cm³/mol. The van der Waals surface area contributed by atoms with E-state index in [0.717, 1.165) is 274 Å². The van der Waals surface area contributed by atoms with Crippen LogP contribution in [0.25, 0.3) is 171 Å². The topological polar surface area (TPSA) is 119 Å². The van der Waals surface area contributed by atoms with Gasteiger partial charge in [0.25, 0.3) is 0 Å². The lowest BCUT2D eigenvalue weighted by Crippen LogP contribution is -2.12. The van der Waals surface area contributed by atoms with E-state index in [1.54, 1.807) is 0 Å². The highest BCUT2D eigenvalue weighted by Gasteiger charge is 2.39. The van der Waals surface area contributed by atoms with Gasteiger partial charge in [-0.25, -0.2) is 0 Å². The highest BCUT2D eigenvalue weighted by atomic mass is 16.5. The monoisotopic (exact) mass is 1740 g/mol. The Balaban J connectivity index is 0.0000000967. The van der Waals surface area contributed by atoms with Crippen molar-refractivity contribution in [3.8, 4) is 108 Å². The van der Waals surface area contributed by atoms with Crippen LogP contribution in [0, 0.1) is 0 Å². The van der Waals surface area contributed by atoms with Crippen LogP contribution in [0.2, 0.25) is 0 Å². The van der Waals surface area contributed by atoms with Gasteiger partial charge < -0.3 is 56.4 Å². The lowest BCUT2D eigenvalue weighted by atomic mass is 10.0. The third-order valence-electron chi connectivity index (χ3n) is 27.4. The van der Waals surface area contributed by atoms with E-state index in [4.69, 9.17) is 41.7 Å². The van der Waals surface area contributed by atoms with Crippen molar-refractivity contribution >= 4 is 182 Å². The molecule has 0 unspecified atom stereocenters. The number of hydrogen-bond acceptors (Lipinski definition) is 12. The van der Waals surface area contributed by atoms with Crippen LogP contribution in [0.5, 0.6) is 69.0 Å². The first-order valence-electron chi connectivity index (χ1n) is 45.2. The van der Waals surface area contributed by atoms with Crippen LogP contribution in [0.1, 0.15) is 0 Å². The van der Waals surface area contributed by atoms with Gasteiger partial charge in [0, 0.05) is 99.8 Å². The summed E-state index contributed by atoms with van der Waals surface area (Å²) in [4.78, 5) is 6.99. The lowest BCUT2D eigenvalue weighted by Gasteiger charge is -2.29. The molecule has 0 saturated heterocycles. The normalized spacial score (nSPS) is 12.7. The Morgan fingerprint density at radius 1 is 0.156 bits per heavy atom. The van der Waals surface area contributed by atoms with Crippen molar-refractivity contribution in [2.45, 2.75) is 0 Å².